The van der Waals surface area contributed by atoms with Crippen molar-refractivity contribution >= 4 is 34.5 Å². The Bertz CT molecular complexity index is 854. The van der Waals surface area contributed by atoms with Crippen LogP contribution >= 0.6 is 23.5 Å². The Labute approximate surface area is 158 Å². The van der Waals surface area contributed by atoms with Gasteiger partial charge in [0.15, 0.2) is 5.69 Å². The Morgan fingerprint density at radius 1 is 1.22 bits per heavy atom. The van der Waals surface area contributed by atoms with E-state index in [9.17, 15) is 31.5 Å². The number of carbonyl (C=O) groups is 2. The minimum atomic E-state index is -5.18. The molecule has 0 unspecified atom stereocenters. The number of rotatable bonds is 5. The van der Waals surface area contributed by atoms with Crippen LogP contribution < -0.4 is 0 Å². The molecule has 27 heavy (non-hydrogen) atoms. The summed E-state index contributed by atoms with van der Waals surface area (Å²) in [6.07, 6.45) is -3.52. The maximum Gasteiger partial charge on any atom is 0.434 e. The fourth-order valence-corrected chi connectivity index (χ4v) is 3.38. The molecule has 2 rings (SSSR count). The third-order valence-electron chi connectivity index (χ3n) is 3.41. The third kappa shape index (κ3) is 4.32. The topological polar surface area (TPSA) is 64.8 Å². The first kappa shape index (κ1) is 21.4. The van der Waals surface area contributed by atoms with Crippen LogP contribution in [0.1, 0.15) is 44.1 Å². The van der Waals surface area contributed by atoms with Gasteiger partial charge in [-0.2, -0.15) is 30.0 Å². The highest BCUT2D eigenvalue weighted by atomic mass is 32.2. The van der Waals surface area contributed by atoms with Gasteiger partial charge in [0.05, 0.1) is 11.1 Å². The number of hydrogen-bond acceptors (Lipinski definition) is 6. The molecule has 0 spiro atoms. The molecule has 2 aromatic heterocycles. The highest BCUT2D eigenvalue weighted by molar-refractivity contribution is 8.13. The molecule has 0 saturated carbocycles. The highest BCUT2D eigenvalue weighted by Crippen LogP contribution is 2.38. The minimum Gasteiger partial charge on any atom is -0.281 e. The van der Waals surface area contributed by atoms with Crippen molar-refractivity contribution in [3.05, 3.63) is 46.5 Å². The molecule has 146 valence electrons. The molecular formula is C15H12F5N3O2S2. The van der Waals surface area contributed by atoms with Crippen molar-refractivity contribution in [3.8, 4) is 0 Å². The smallest absolute Gasteiger partial charge is 0.281 e. The number of hydrogen-bond donors (Lipinski definition) is 0. The second-order valence-corrected chi connectivity index (χ2v) is 6.70. The lowest BCUT2D eigenvalue weighted by Gasteiger charge is -2.20. The van der Waals surface area contributed by atoms with Gasteiger partial charge >= 0.3 is 6.18 Å². The Morgan fingerprint density at radius 3 is 2.33 bits per heavy atom. The molecule has 0 atom stereocenters. The van der Waals surface area contributed by atoms with Gasteiger partial charge in [0, 0.05) is 18.1 Å². The van der Waals surface area contributed by atoms with Crippen LogP contribution in [0.15, 0.2) is 18.5 Å². The van der Waals surface area contributed by atoms with Crippen molar-refractivity contribution in [2.75, 3.05) is 12.5 Å². The number of thioether (sulfide) groups is 2. The summed E-state index contributed by atoms with van der Waals surface area (Å²) >= 11 is 1.53. The molecule has 5 nitrogen and oxygen atoms in total. The summed E-state index contributed by atoms with van der Waals surface area (Å²) in [6, 6.07) is 1.31. The first-order valence-corrected chi connectivity index (χ1v) is 9.79. The highest BCUT2D eigenvalue weighted by Gasteiger charge is 2.42. The van der Waals surface area contributed by atoms with E-state index in [1.54, 1.807) is 0 Å². The van der Waals surface area contributed by atoms with E-state index in [1.807, 2.05) is 0 Å². The molecule has 0 aliphatic carbocycles. The van der Waals surface area contributed by atoms with Gasteiger partial charge < -0.3 is 0 Å². The maximum atomic E-state index is 13.5. The van der Waals surface area contributed by atoms with Crippen LogP contribution in [0.5, 0.6) is 0 Å². The molecule has 0 saturated heterocycles. The van der Waals surface area contributed by atoms with Gasteiger partial charge in [-0.05, 0) is 24.1 Å². The van der Waals surface area contributed by atoms with E-state index in [-0.39, 0.29) is 5.75 Å². The second kappa shape index (κ2) is 8.38. The number of aromatic nitrogens is 3. The molecular weight excluding hydrogens is 413 g/mol. The molecule has 0 bridgehead atoms. The monoisotopic (exact) mass is 425 g/mol. The zero-order valence-electron chi connectivity index (χ0n) is 13.9. The lowest BCUT2D eigenvalue weighted by atomic mass is 9.98. The minimum absolute atomic E-state index is 0.269. The van der Waals surface area contributed by atoms with Crippen molar-refractivity contribution in [2.24, 2.45) is 0 Å². The van der Waals surface area contributed by atoms with Gasteiger partial charge in [0.1, 0.15) is 5.69 Å². The summed E-state index contributed by atoms with van der Waals surface area (Å²) in [4.78, 5) is 27.9. The van der Waals surface area contributed by atoms with E-state index in [0.717, 1.165) is 18.0 Å². The normalized spacial score (nSPS) is 11.9. The van der Waals surface area contributed by atoms with E-state index >= 15 is 0 Å². The molecule has 0 fully saturated rings. The van der Waals surface area contributed by atoms with Gasteiger partial charge in [0.25, 0.3) is 12.3 Å². The number of carbonyl (C=O) groups excluding carboxylic acids is 2. The van der Waals surface area contributed by atoms with Crippen molar-refractivity contribution in [2.45, 2.75) is 18.4 Å². The van der Waals surface area contributed by atoms with Crippen LogP contribution in [0.2, 0.25) is 0 Å². The van der Waals surface area contributed by atoms with E-state index in [4.69, 9.17) is 0 Å². The number of nitrogens with zero attached hydrogens (tertiary/aromatic N) is 3. The first-order chi connectivity index (χ1) is 12.6. The summed E-state index contributed by atoms with van der Waals surface area (Å²) in [5.41, 5.74) is -5.11. The lowest BCUT2D eigenvalue weighted by Crippen LogP contribution is -2.26. The fourth-order valence-electron chi connectivity index (χ4n) is 2.37. The summed E-state index contributed by atoms with van der Waals surface area (Å²) < 4.78 is 68.1. The van der Waals surface area contributed by atoms with E-state index in [0.29, 0.717) is 16.4 Å². The number of alkyl halides is 5. The lowest BCUT2D eigenvalue weighted by molar-refractivity contribution is -0.141. The second-order valence-electron chi connectivity index (χ2n) is 5.05. The summed E-state index contributed by atoms with van der Waals surface area (Å²) in [5, 5.41) is 2.70. The van der Waals surface area contributed by atoms with E-state index in [1.165, 1.54) is 24.8 Å². The van der Waals surface area contributed by atoms with Crippen LogP contribution in [0, 0.1) is 0 Å². The van der Waals surface area contributed by atoms with Crippen molar-refractivity contribution in [3.63, 3.8) is 0 Å². The van der Waals surface area contributed by atoms with Gasteiger partial charge in [-0.3, -0.25) is 9.59 Å². The standard InChI is InChI=1S/C15H12F5N3O2S2/c1-26-6-7-8(14(25)27-2)10(12(16)17)22-11(15(18,19)20)9(7)13(24)23-5-3-4-21-23/h3-5,12H,6H2,1-2H3. The number of pyridine rings is 1. The van der Waals surface area contributed by atoms with Gasteiger partial charge in [-0.25, -0.2) is 18.4 Å². The average molecular weight is 425 g/mol. The quantitative estimate of drug-likeness (QED) is 0.666. The Hall–Kier alpha value is -1.95. The molecule has 0 aliphatic rings. The Morgan fingerprint density at radius 2 is 1.89 bits per heavy atom. The summed E-state index contributed by atoms with van der Waals surface area (Å²) in [5.74, 6) is -1.48. The van der Waals surface area contributed by atoms with Crippen molar-refractivity contribution < 1.29 is 31.5 Å². The third-order valence-corrected chi connectivity index (χ3v) is 4.56. The maximum absolute atomic E-state index is 13.5. The molecule has 2 heterocycles. The zero-order valence-corrected chi connectivity index (χ0v) is 15.5. The average Bonchev–Trinajstić information content (AvgIpc) is 3.13. The Kier molecular flexibility index (Phi) is 6.63. The largest absolute Gasteiger partial charge is 0.434 e. The molecule has 0 amide bonds. The predicted octanol–water partition coefficient (Wildman–Crippen LogP) is 4.29. The van der Waals surface area contributed by atoms with Gasteiger partial charge in [-0.1, -0.05) is 11.8 Å². The molecule has 0 aromatic carbocycles. The van der Waals surface area contributed by atoms with E-state index in [2.05, 4.69) is 10.1 Å². The van der Waals surface area contributed by atoms with Crippen LogP contribution in [-0.4, -0.2) is 38.3 Å². The van der Waals surface area contributed by atoms with Gasteiger partial charge in [0.2, 0.25) is 5.12 Å². The first-order valence-electron chi connectivity index (χ1n) is 7.17. The summed E-state index contributed by atoms with van der Waals surface area (Å²) in [6.45, 7) is 0. The fraction of sp³-hybridized carbons (Fsp3) is 0.333. The molecule has 12 heteroatoms. The zero-order chi connectivity index (χ0) is 20.4. The SMILES string of the molecule is CSCc1c(C(=O)SC)c(C(F)F)nc(C(F)(F)F)c1C(=O)n1cccn1. The van der Waals surface area contributed by atoms with Crippen LogP contribution in [0.4, 0.5) is 22.0 Å². The molecule has 0 N–H and O–H groups in total. The van der Waals surface area contributed by atoms with Crippen LogP contribution in [-0.2, 0) is 11.9 Å². The number of halogens is 5. The predicted molar refractivity (Wildman–Crippen MR) is 91.2 cm³/mol. The van der Waals surface area contributed by atoms with Crippen LogP contribution in [0.3, 0.4) is 0 Å². The Balaban J connectivity index is 2.97. The van der Waals surface area contributed by atoms with Crippen molar-refractivity contribution in [1.29, 1.82) is 0 Å². The molecule has 0 aliphatic heterocycles. The van der Waals surface area contributed by atoms with E-state index < -0.39 is 51.7 Å². The molecule has 0 radical (unpaired) electrons. The van der Waals surface area contributed by atoms with Crippen LogP contribution in [0.25, 0.3) is 0 Å². The molecule has 2 aromatic rings. The summed E-state index contributed by atoms with van der Waals surface area (Å²) in [7, 11) is 0. The van der Waals surface area contributed by atoms with Crippen molar-refractivity contribution in [1.82, 2.24) is 14.8 Å². The van der Waals surface area contributed by atoms with Gasteiger partial charge in [-0.15, -0.1) is 0 Å².